The Morgan fingerprint density at radius 2 is 2.15 bits per heavy atom. The molecule has 4 heteroatoms. The van der Waals surface area contributed by atoms with Crippen LogP contribution < -0.4 is 10.6 Å². The summed E-state index contributed by atoms with van der Waals surface area (Å²) in [5.41, 5.74) is 1.70. The third-order valence-corrected chi connectivity index (χ3v) is 1.80. The Hall–Kier alpha value is -1.22. The van der Waals surface area contributed by atoms with Gasteiger partial charge in [0.1, 0.15) is 5.88 Å². The average Bonchev–Trinajstić information content (AvgIpc) is 2.18. The highest BCUT2D eigenvalue weighted by molar-refractivity contribution is 6.29. The highest BCUT2D eigenvalue weighted by Crippen LogP contribution is 2.13. The summed E-state index contributed by atoms with van der Waals surface area (Å²) in [6.07, 6.45) is 0. The zero-order valence-corrected chi connectivity index (χ0v) is 8.06. The number of anilines is 2. The van der Waals surface area contributed by atoms with Crippen LogP contribution in [0.3, 0.4) is 0 Å². The van der Waals surface area contributed by atoms with Crippen molar-refractivity contribution in [1.29, 1.82) is 0 Å². The van der Waals surface area contributed by atoms with Crippen molar-refractivity contribution in [3.8, 4) is 0 Å². The molecule has 3 nitrogen and oxygen atoms in total. The number of alkyl halides is 1. The van der Waals surface area contributed by atoms with E-state index in [0.29, 0.717) is 0 Å². The number of carbonyl (C=O) groups is 1. The zero-order chi connectivity index (χ0) is 9.68. The number of nitrogens with one attached hydrogen (secondary N) is 2. The molecule has 0 saturated heterocycles. The van der Waals surface area contributed by atoms with Gasteiger partial charge in [0.15, 0.2) is 0 Å². The Morgan fingerprint density at radius 3 is 2.77 bits per heavy atom. The number of halogens is 1. The van der Waals surface area contributed by atoms with E-state index in [-0.39, 0.29) is 11.8 Å². The van der Waals surface area contributed by atoms with Gasteiger partial charge >= 0.3 is 0 Å². The lowest BCUT2D eigenvalue weighted by atomic mass is 10.3. The number of hydrogen-bond donors (Lipinski definition) is 2. The molecule has 0 atom stereocenters. The smallest absolute Gasteiger partial charge is 0.239 e. The summed E-state index contributed by atoms with van der Waals surface area (Å²) in [5.74, 6) is -0.223. The molecule has 0 unspecified atom stereocenters. The Morgan fingerprint density at radius 1 is 1.46 bits per heavy atom. The maximum absolute atomic E-state index is 10.9. The second-order valence-corrected chi connectivity index (χ2v) is 2.78. The summed E-state index contributed by atoms with van der Waals surface area (Å²) >= 11 is 5.35. The van der Waals surface area contributed by atoms with Crippen molar-refractivity contribution in [2.75, 3.05) is 23.6 Å². The number of rotatable bonds is 3. The van der Waals surface area contributed by atoms with Gasteiger partial charge in [-0.15, -0.1) is 11.6 Å². The van der Waals surface area contributed by atoms with E-state index in [4.69, 9.17) is 11.6 Å². The van der Waals surface area contributed by atoms with Crippen molar-refractivity contribution in [3.63, 3.8) is 0 Å². The Kier molecular flexibility index (Phi) is 3.58. The predicted octanol–water partition coefficient (Wildman–Crippen LogP) is 1.91. The topological polar surface area (TPSA) is 41.1 Å². The van der Waals surface area contributed by atoms with Crippen LogP contribution in [0.1, 0.15) is 0 Å². The van der Waals surface area contributed by atoms with E-state index in [2.05, 4.69) is 10.6 Å². The molecule has 0 fully saturated rings. The molecule has 0 aromatic heterocycles. The Balaban J connectivity index is 2.71. The number of hydrogen-bond acceptors (Lipinski definition) is 2. The Bertz CT molecular complexity index is 301. The van der Waals surface area contributed by atoms with E-state index in [1.807, 2.05) is 31.3 Å². The first-order valence-corrected chi connectivity index (χ1v) is 4.43. The summed E-state index contributed by atoms with van der Waals surface area (Å²) in [4.78, 5) is 10.9. The fraction of sp³-hybridized carbons (Fsp3) is 0.222. The van der Waals surface area contributed by atoms with E-state index in [0.717, 1.165) is 11.4 Å². The summed E-state index contributed by atoms with van der Waals surface area (Å²) in [6.45, 7) is 0. The predicted molar refractivity (Wildman–Crippen MR) is 55.3 cm³/mol. The van der Waals surface area contributed by atoms with E-state index >= 15 is 0 Å². The van der Waals surface area contributed by atoms with Crippen LogP contribution in [-0.2, 0) is 4.79 Å². The van der Waals surface area contributed by atoms with Crippen molar-refractivity contribution < 1.29 is 4.79 Å². The van der Waals surface area contributed by atoms with Crippen LogP contribution in [0.2, 0.25) is 0 Å². The van der Waals surface area contributed by atoms with Crippen LogP contribution in [0.5, 0.6) is 0 Å². The monoisotopic (exact) mass is 198 g/mol. The summed E-state index contributed by atoms with van der Waals surface area (Å²) in [6, 6.07) is 7.42. The minimum atomic E-state index is -0.199. The molecule has 1 rings (SSSR count). The molecule has 2 N–H and O–H groups in total. The van der Waals surface area contributed by atoms with Crippen LogP contribution in [0.4, 0.5) is 11.4 Å². The van der Waals surface area contributed by atoms with Gasteiger partial charge in [0.05, 0.1) is 0 Å². The van der Waals surface area contributed by atoms with Gasteiger partial charge in [-0.1, -0.05) is 6.07 Å². The first-order chi connectivity index (χ1) is 6.26. The van der Waals surface area contributed by atoms with Crippen molar-refractivity contribution in [2.45, 2.75) is 0 Å². The third kappa shape index (κ3) is 2.95. The molecule has 0 bridgehead atoms. The molecule has 0 aliphatic rings. The van der Waals surface area contributed by atoms with Crippen LogP contribution >= 0.6 is 11.6 Å². The average molecular weight is 199 g/mol. The molecular weight excluding hydrogens is 188 g/mol. The largest absolute Gasteiger partial charge is 0.388 e. The molecule has 0 heterocycles. The molecule has 70 valence electrons. The normalized spacial score (nSPS) is 9.38. The fourth-order valence-corrected chi connectivity index (χ4v) is 1.01. The van der Waals surface area contributed by atoms with Gasteiger partial charge in [0.2, 0.25) is 5.91 Å². The van der Waals surface area contributed by atoms with Gasteiger partial charge in [-0.05, 0) is 18.2 Å². The molecule has 0 radical (unpaired) electrons. The van der Waals surface area contributed by atoms with E-state index in [1.165, 1.54) is 0 Å². The van der Waals surface area contributed by atoms with Crippen LogP contribution in [0.15, 0.2) is 24.3 Å². The molecule has 0 aliphatic heterocycles. The molecule has 13 heavy (non-hydrogen) atoms. The summed E-state index contributed by atoms with van der Waals surface area (Å²) < 4.78 is 0. The quantitative estimate of drug-likeness (QED) is 0.729. The fourth-order valence-electron chi connectivity index (χ4n) is 0.947. The van der Waals surface area contributed by atoms with Gasteiger partial charge in [0.25, 0.3) is 0 Å². The van der Waals surface area contributed by atoms with Crippen molar-refractivity contribution in [3.05, 3.63) is 24.3 Å². The first-order valence-electron chi connectivity index (χ1n) is 3.90. The molecule has 1 amide bonds. The number of benzene rings is 1. The Labute approximate surface area is 82.1 Å². The minimum absolute atomic E-state index is 0.0240. The van der Waals surface area contributed by atoms with E-state index in [9.17, 15) is 4.79 Å². The molecule has 0 aliphatic carbocycles. The van der Waals surface area contributed by atoms with Crippen molar-refractivity contribution >= 4 is 28.9 Å². The van der Waals surface area contributed by atoms with Gasteiger partial charge in [-0.3, -0.25) is 4.79 Å². The lowest BCUT2D eigenvalue weighted by Crippen LogP contribution is -2.12. The lowest BCUT2D eigenvalue weighted by molar-refractivity contribution is -0.113. The van der Waals surface area contributed by atoms with Gasteiger partial charge in [-0.2, -0.15) is 0 Å². The second-order valence-electron chi connectivity index (χ2n) is 2.51. The molecular formula is C9H11ClN2O. The lowest BCUT2D eigenvalue weighted by Gasteiger charge is -2.05. The number of carbonyl (C=O) groups excluding carboxylic acids is 1. The van der Waals surface area contributed by atoms with E-state index < -0.39 is 0 Å². The highest BCUT2D eigenvalue weighted by Gasteiger charge is 1.99. The number of amides is 1. The maximum Gasteiger partial charge on any atom is 0.239 e. The summed E-state index contributed by atoms with van der Waals surface area (Å²) in [5, 5.41) is 5.63. The molecule has 1 aromatic carbocycles. The first kappa shape index (κ1) is 9.86. The van der Waals surface area contributed by atoms with Crippen LogP contribution in [0, 0.1) is 0 Å². The van der Waals surface area contributed by atoms with Crippen LogP contribution in [-0.4, -0.2) is 18.8 Å². The molecule has 0 spiro atoms. The molecule has 0 saturated carbocycles. The maximum atomic E-state index is 10.9. The molecule has 1 aromatic rings. The zero-order valence-electron chi connectivity index (χ0n) is 7.30. The SMILES string of the molecule is CNc1cccc(NC(=O)CCl)c1. The van der Waals surface area contributed by atoms with Crippen LogP contribution in [0.25, 0.3) is 0 Å². The highest BCUT2D eigenvalue weighted by atomic mass is 35.5. The van der Waals surface area contributed by atoms with Gasteiger partial charge in [0, 0.05) is 18.4 Å². The van der Waals surface area contributed by atoms with E-state index in [1.54, 1.807) is 0 Å². The second kappa shape index (κ2) is 4.72. The minimum Gasteiger partial charge on any atom is -0.388 e. The third-order valence-electron chi connectivity index (χ3n) is 1.56. The van der Waals surface area contributed by atoms with Gasteiger partial charge < -0.3 is 10.6 Å². The van der Waals surface area contributed by atoms with Crippen molar-refractivity contribution in [1.82, 2.24) is 0 Å². The standard InChI is InChI=1S/C9H11ClN2O/c1-11-7-3-2-4-8(5-7)12-9(13)6-10/h2-5,11H,6H2,1H3,(H,12,13). The van der Waals surface area contributed by atoms with Gasteiger partial charge in [-0.25, -0.2) is 0 Å². The summed E-state index contributed by atoms with van der Waals surface area (Å²) in [7, 11) is 1.82. The van der Waals surface area contributed by atoms with Crippen molar-refractivity contribution in [2.24, 2.45) is 0 Å².